The van der Waals surface area contributed by atoms with Crippen LogP contribution in [-0.4, -0.2) is 26.5 Å². The highest BCUT2D eigenvalue weighted by Crippen LogP contribution is 2.27. The van der Waals surface area contributed by atoms with Crippen molar-refractivity contribution in [3.8, 4) is 5.69 Å². The third-order valence-corrected chi connectivity index (χ3v) is 5.23. The molecule has 6 nitrogen and oxygen atoms in total. The Kier molecular flexibility index (Phi) is 5.07. The zero-order valence-electron chi connectivity index (χ0n) is 17.6. The standard InChI is InChI=1S/C25H23N3O3/c1-25(2,3)18-11-13-19(14-12-18)28-15-26-22-20(5-4-6-21(22)28)27-23(29)16-7-9-17(10-8-16)24(30)31/h4-15H,1-3H3,(H,27,29)(H,30,31). The van der Waals surface area contributed by atoms with Gasteiger partial charge in [0.2, 0.25) is 0 Å². The van der Waals surface area contributed by atoms with Crippen molar-refractivity contribution in [1.82, 2.24) is 9.55 Å². The van der Waals surface area contributed by atoms with Gasteiger partial charge in [0.1, 0.15) is 11.8 Å². The lowest BCUT2D eigenvalue weighted by atomic mass is 9.87. The number of nitrogens with zero attached hydrogens (tertiary/aromatic N) is 2. The number of carbonyl (C=O) groups excluding carboxylic acids is 1. The summed E-state index contributed by atoms with van der Waals surface area (Å²) in [5, 5.41) is 11.9. The number of carboxylic acid groups (broad SMARTS) is 1. The quantitative estimate of drug-likeness (QED) is 0.477. The molecule has 0 saturated carbocycles. The van der Waals surface area contributed by atoms with E-state index in [9.17, 15) is 9.59 Å². The first-order chi connectivity index (χ1) is 14.7. The van der Waals surface area contributed by atoms with Crippen LogP contribution in [0.5, 0.6) is 0 Å². The third kappa shape index (κ3) is 4.05. The fourth-order valence-electron chi connectivity index (χ4n) is 3.43. The summed E-state index contributed by atoms with van der Waals surface area (Å²) < 4.78 is 1.99. The molecule has 0 saturated heterocycles. The van der Waals surface area contributed by atoms with Crippen LogP contribution in [0.4, 0.5) is 5.69 Å². The van der Waals surface area contributed by atoms with Gasteiger partial charge in [-0.2, -0.15) is 0 Å². The lowest BCUT2D eigenvalue weighted by Crippen LogP contribution is -2.12. The summed E-state index contributed by atoms with van der Waals surface area (Å²) in [6.07, 6.45) is 1.74. The summed E-state index contributed by atoms with van der Waals surface area (Å²) >= 11 is 0. The van der Waals surface area contributed by atoms with Crippen molar-refractivity contribution in [1.29, 1.82) is 0 Å². The van der Waals surface area contributed by atoms with Crippen molar-refractivity contribution in [3.05, 3.63) is 89.7 Å². The molecule has 0 fully saturated rings. The lowest BCUT2D eigenvalue weighted by Gasteiger charge is -2.19. The number of aromatic carboxylic acids is 1. The van der Waals surface area contributed by atoms with Gasteiger partial charge in [-0.1, -0.05) is 39.0 Å². The number of benzene rings is 3. The molecule has 4 aromatic rings. The molecule has 3 aromatic carbocycles. The van der Waals surface area contributed by atoms with Gasteiger partial charge in [0.05, 0.1) is 16.8 Å². The summed E-state index contributed by atoms with van der Waals surface area (Å²) in [4.78, 5) is 28.2. The van der Waals surface area contributed by atoms with E-state index in [1.54, 1.807) is 12.4 Å². The van der Waals surface area contributed by atoms with Crippen LogP contribution < -0.4 is 5.32 Å². The number of nitrogens with one attached hydrogen (secondary N) is 1. The summed E-state index contributed by atoms with van der Waals surface area (Å²) in [6.45, 7) is 6.54. The van der Waals surface area contributed by atoms with Gasteiger partial charge in [0, 0.05) is 11.3 Å². The predicted molar refractivity (Wildman–Crippen MR) is 121 cm³/mol. The van der Waals surface area contributed by atoms with Gasteiger partial charge in [-0.25, -0.2) is 9.78 Å². The number of rotatable bonds is 4. The van der Waals surface area contributed by atoms with Crippen LogP contribution in [0.1, 0.15) is 47.1 Å². The fraction of sp³-hybridized carbons (Fsp3) is 0.160. The van der Waals surface area contributed by atoms with Crippen molar-refractivity contribution < 1.29 is 14.7 Å². The van der Waals surface area contributed by atoms with E-state index in [1.165, 1.54) is 29.8 Å². The molecule has 0 aliphatic rings. The second-order valence-electron chi connectivity index (χ2n) is 8.42. The molecule has 31 heavy (non-hydrogen) atoms. The molecular weight excluding hydrogens is 390 g/mol. The molecule has 0 bridgehead atoms. The Bertz CT molecular complexity index is 1260. The van der Waals surface area contributed by atoms with Crippen molar-refractivity contribution in [3.63, 3.8) is 0 Å². The minimum atomic E-state index is -1.03. The minimum absolute atomic E-state index is 0.0790. The van der Waals surface area contributed by atoms with Crippen molar-refractivity contribution in [2.24, 2.45) is 0 Å². The predicted octanol–water partition coefficient (Wildman–Crippen LogP) is 5.27. The largest absolute Gasteiger partial charge is 0.478 e. The van der Waals surface area contributed by atoms with Gasteiger partial charge in [-0.3, -0.25) is 9.36 Å². The average molecular weight is 413 g/mol. The number of carboxylic acids is 1. The molecule has 0 aliphatic carbocycles. The molecule has 0 spiro atoms. The Morgan fingerprint density at radius 1 is 0.903 bits per heavy atom. The topological polar surface area (TPSA) is 84.2 Å². The minimum Gasteiger partial charge on any atom is -0.478 e. The molecule has 0 radical (unpaired) electrons. The normalized spacial score (nSPS) is 11.5. The van der Waals surface area contributed by atoms with Gasteiger partial charge in [0.15, 0.2) is 0 Å². The number of hydrogen-bond donors (Lipinski definition) is 2. The maximum absolute atomic E-state index is 12.7. The first-order valence-electron chi connectivity index (χ1n) is 9.96. The number of hydrogen-bond acceptors (Lipinski definition) is 3. The number of para-hydroxylation sites is 1. The number of imidazole rings is 1. The van der Waals surface area contributed by atoms with Crippen molar-refractivity contribution in [2.75, 3.05) is 5.32 Å². The molecule has 1 amide bonds. The number of aromatic nitrogens is 2. The molecule has 0 atom stereocenters. The monoisotopic (exact) mass is 413 g/mol. The first kappa shape index (κ1) is 20.3. The molecule has 156 valence electrons. The molecule has 0 unspecified atom stereocenters. The van der Waals surface area contributed by atoms with Crippen molar-refractivity contribution >= 4 is 28.6 Å². The molecule has 1 aromatic heterocycles. The molecular formula is C25H23N3O3. The third-order valence-electron chi connectivity index (χ3n) is 5.23. The van der Waals surface area contributed by atoms with Crippen LogP contribution in [0.3, 0.4) is 0 Å². The van der Waals surface area contributed by atoms with E-state index in [1.807, 2.05) is 16.7 Å². The maximum atomic E-state index is 12.7. The smallest absolute Gasteiger partial charge is 0.335 e. The van der Waals surface area contributed by atoms with Crippen LogP contribution in [-0.2, 0) is 5.41 Å². The fourth-order valence-corrected chi connectivity index (χ4v) is 3.43. The van der Waals surface area contributed by atoms with Crippen LogP contribution in [0.15, 0.2) is 73.1 Å². The Morgan fingerprint density at radius 2 is 1.55 bits per heavy atom. The van der Waals surface area contributed by atoms with E-state index in [0.717, 1.165) is 11.2 Å². The number of fused-ring (bicyclic) bond motifs is 1. The highest BCUT2D eigenvalue weighted by atomic mass is 16.4. The highest BCUT2D eigenvalue weighted by Gasteiger charge is 2.15. The zero-order valence-corrected chi connectivity index (χ0v) is 17.6. The van der Waals surface area contributed by atoms with Gasteiger partial charge in [-0.05, 0) is 59.5 Å². The second kappa shape index (κ2) is 7.72. The molecule has 6 heteroatoms. The van der Waals surface area contributed by atoms with E-state index in [0.29, 0.717) is 16.8 Å². The molecule has 4 rings (SSSR count). The van der Waals surface area contributed by atoms with Gasteiger partial charge in [-0.15, -0.1) is 0 Å². The van der Waals surface area contributed by atoms with Crippen LogP contribution >= 0.6 is 0 Å². The maximum Gasteiger partial charge on any atom is 0.335 e. The SMILES string of the molecule is CC(C)(C)c1ccc(-n2cnc3c(NC(=O)c4ccc(C(=O)O)cc4)cccc32)cc1. The summed E-state index contributed by atoms with van der Waals surface area (Å²) in [7, 11) is 0. The zero-order chi connectivity index (χ0) is 22.2. The highest BCUT2D eigenvalue weighted by molar-refractivity contribution is 6.08. The Hall–Kier alpha value is -3.93. The summed E-state index contributed by atoms with van der Waals surface area (Å²) in [5.41, 5.74) is 4.98. The van der Waals surface area contributed by atoms with E-state index >= 15 is 0 Å². The second-order valence-corrected chi connectivity index (χ2v) is 8.42. The molecule has 1 heterocycles. The van der Waals surface area contributed by atoms with E-state index in [4.69, 9.17) is 5.11 Å². The Balaban J connectivity index is 1.63. The lowest BCUT2D eigenvalue weighted by molar-refractivity contribution is 0.0696. The Morgan fingerprint density at radius 3 is 2.16 bits per heavy atom. The molecule has 2 N–H and O–H groups in total. The number of amides is 1. The van der Waals surface area contributed by atoms with Crippen molar-refractivity contribution in [2.45, 2.75) is 26.2 Å². The first-order valence-corrected chi connectivity index (χ1v) is 9.96. The number of anilines is 1. The van der Waals surface area contributed by atoms with Crippen LogP contribution in [0.2, 0.25) is 0 Å². The van der Waals surface area contributed by atoms with Crippen LogP contribution in [0, 0.1) is 0 Å². The van der Waals surface area contributed by atoms with E-state index in [-0.39, 0.29) is 16.9 Å². The van der Waals surface area contributed by atoms with Crippen LogP contribution in [0.25, 0.3) is 16.7 Å². The summed E-state index contributed by atoms with van der Waals surface area (Å²) in [5.74, 6) is -1.36. The molecule has 0 aliphatic heterocycles. The summed E-state index contributed by atoms with van der Waals surface area (Å²) in [6, 6.07) is 19.8. The van der Waals surface area contributed by atoms with Gasteiger partial charge >= 0.3 is 5.97 Å². The van der Waals surface area contributed by atoms with E-state index < -0.39 is 5.97 Å². The average Bonchev–Trinajstić information content (AvgIpc) is 3.18. The van der Waals surface area contributed by atoms with Gasteiger partial charge < -0.3 is 10.4 Å². The Labute approximate surface area is 180 Å². The number of carbonyl (C=O) groups is 2. The van der Waals surface area contributed by atoms with E-state index in [2.05, 4.69) is 55.3 Å². The van der Waals surface area contributed by atoms with Gasteiger partial charge in [0.25, 0.3) is 5.91 Å².